The van der Waals surface area contributed by atoms with E-state index in [1.54, 1.807) is 18.2 Å². The van der Waals surface area contributed by atoms with Gasteiger partial charge in [-0.1, -0.05) is 15.9 Å². The summed E-state index contributed by atoms with van der Waals surface area (Å²) in [6.07, 6.45) is 0.534. The molecule has 0 aromatic heterocycles. The molecule has 1 aromatic rings. The lowest BCUT2D eigenvalue weighted by molar-refractivity contribution is -0.0847. The lowest BCUT2D eigenvalue weighted by atomic mass is 9.97. The molecule has 1 aliphatic rings. The molecule has 4 nitrogen and oxygen atoms in total. The molecule has 0 aliphatic carbocycles. The van der Waals surface area contributed by atoms with Crippen LogP contribution in [0.4, 0.5) is 0 Å². The van der Waals surface area contributed by atoms with Crippen LogP contribution in [0.25, 0.3) is 0 Å². The van der Waals surface area contributed by atoms with Gasteiger partial charge in [0, 0.05) is 10.9 Å². The maximum atomic E-state index is 11.3. The van der Waals surface area contributed by atoms with Crippen LogP contribution in [-0.4, -0.2) is 28.4 Å². The van der Waals surface area contributed by atoms with Crippen LogP contribution in [-0.2, 0) is 4.74 Å². The van der Waals surface area contributed by atoms with Crippen molar-refractivity contribution in [3.63, 3.8) is 0 Å². The summed E-state index contributed by atoms with van der Waals surface area (Å²) in [7, 11) is 0. The quantitative estimate of drug-likeness (QED) is 0.905. The molecule has 1 atom stereocenters. The Morgan fingerprint density at radius 2 is 2.05 bits per heavy atom. The van der Waals surface area contributed by atoms with Crippen LogP contribution < -0.4 is 4.74 Å². The molecule has 1 aromatic carbocycles. The monoisotopic (exact) mass is 342 g/mol. The Balaban J connectivity index is 2.29. The number of aromatic carboxylic acids is 1. The van der Waals surface area contributed by atoms with Crippen molar-refractivity contribution < 1.29 is 19.4 Å². The third kappa shape index (κ3) is 3.15. The molecule has 0 radical (unpaired) electrons. The van der Waals surface area contributed by atoms with E-state index in [0.717, 1.165) is 6.42 Å². The summed E-state index contributed by atoms with van der Waals surface area (Å²) >= 11 is 3.27. The zero-order valence-electron chi connectivity index (χ0n) is 12.1. The van der Waals surface area contributed by atoms with Crippen LogP contribution in [0.3, 0.4) is 0 Å². The highest BCUT2D eigenvalue weighted by molar-refractivity contribution is 9.10. The molecule has 110 valence electrons. The van der Waals surface area contributed by atoms with Crippen molar-refractivity contribution in [2.45, 2.75) is 51.4 Å². The molecular weight excluding hydrogens is 324 g/mol. The normalized spacial score (nSPS) is 23.6. The molecular formula is C15H19BrO4. The van der Waals surface area contributed by atoms with Gasteiger partial charge in [0.1, 0.15) is 23.0 Å². The summed E-state index contributed by atoms with van der Waals surface area (Å²) in [5.74, 6) is -0.627. The van der Waals surface area contributed by atoms with E-state index < -0.39 is 11.6 Å². The average Bonchev–Trinajstić information content (AvgIpc) is 2.48. The fourth-order valence-corrected chi connectivity index (χ4v) is 2.98. The van der Waals surface area contributed by atoms with E-state index >= 15 is 0 Å². The number of rotatable bonds is 3. The maximum absolute atomic E-state index is 11.3. The van der Waals surface area contributed by atoms with Crippen molar-refractivity contribution in [1.82, 2.24) is 0 Å². The highest BCUT2D eigenvalue weighted by atomic mass is 79.9. The van der Waals surface area contributed by atoms with Gasteiger partial charge in [0.25, 0.3) is 0 Å². The minimum atomic E-state index is -1.00. The first kappa shape index (κ1) is 15.3. The zero-order valence-corrected chi connectivity index (χ0v) is 13.7. The van der Waals surface area contributed by atoms with E-state index in [4.69, 9.17) is 9.47 Å². The van der Waals surface area contributed by atoms with E-state index in [0.29, 0.717) is 10.2 Å². The number of carboxylic acids is 1. The van der Waals surface area contributed by atoms with E-state index in [1.807, 2.05) is 27.7 Å². The van der Waals surface area contributed by atoms with Crippen LogP contribution in [0.2, 0.25) is 0 Å². The Bertz CT molecular complexity index is 537. The van der Waals surface area contributed by atoms with Crippen LogP contribution in [0, 0.1) is 0 Å². The second kappa shape index (κ2) is 5.04. The number of benzene rings is 1. The highest BCUT2D eigenvalue weighted by Crippen LogP contribution is 2.40. The molecule has 20 heavy (non-hydrogen) atoms. The SMILES string of the molecule is CC1(C)CC(Oc2ccc(Br)cc2C(=O)O)C(C)(C)O1. The fourth-order valence-electron chi connectivity index (χ4n) is 2.62. The van der Waals surface area contributed by atoms with Gasteiger partial charge in [-0.3, -0.25) is 0 Å². The number of hydrogen-bond donors (Lipinski definition) is 1. The summed E-state index contributed by atoms with van der Waals surface area (Å²) < 4.78 is 12.6. The smallest absolute Gasteiger partial charge is 0.339 e. The fraction of sp³-hybridized carbons (Fsp3) is 0.533. The molecule has 0 bridgehead atoms. The van der Waals surface area contributed by atoms with E-state index in [-0.39, 0.29) is 17.3 Å². The van der Waals surface area contributed by atoms with Crippen molar-refractivity contribution in [3.8, 4) is 5.75 Å². The van der Waals surface area contributed by atoms with Gasteiger partial charge >= 0.3 is 5.97 Å². The zero-order chi connectivity index (χ0) is 15.1. The third-order valence-electron chi connectivity index (χ3n) is 3.43. The Morgan fingerprint density at radius 3 is 2.55 bits per heavy atom. The topological polar surface area (TPSA) is 55.8 Å². The van der Waals surface area contributed by atoms with Gasteiger partial charge < -0.3 is 14.6 Å². The number of hydrogen-bond acceptors (Lipinski definition) is 3. The van der Waals surface area contributed by atoms with Crippen molar-refractivity contribution in [2.75, 3.05) is 0 Å². The lowest BCUT2D eigenvalue weighted by Gasteiger charge is -2.27. The Morgan fingerprint density at radius 1 is 1.40 bits per heavy atom. The molecule has 0 spiro atoms. The minimum absolute atomic E-state index is 0.153. The summed E-state index contributed by atoms with van der Waals surface area (Å²) in [6.45, 7) is 7.95. The number of carbonyl (C=O) groups is 1. The maximum Gasteiger partial charge on any atom is 0.339 e. The van der Waals surface area contributed by atoms with Crippen molar-refractivity contribution in [3.05, 3.63) is 28.2 Å². The Kier molecular flexibility index (Phi) is 3.86. The van der Waals surface area contributed by atoms with Crippen LogP contribution in [0.15, 0.2) is 22.7 Å². The Hall–Kier alpha value is -1.07. The van der Waals surface area contributed by atoms with Gasteiger partial charge in [-0.15, -0.1) is 0 Å². The molecule has 2 rings (SSSR count). The molecule has 0 amide bonds. The number of carboxylic acid groups (broad SMARTS) is 1. The second-order valence-electron chi connectivity index (χ2n) is 6.22. The van der Waals surface area contributed by atoms with Gasteiger partial charge in [0.15, 0.2) is 0 Å². The molecule has 1 heterocycles. The van der Waals surface area contributed by atoms with Crippen LogP contribution in [0.1, 0.15) is 44.5 Å². The highest BCUT2D eigenvalue weighted by Gasteiger charge is 2.47. The third-order valence-corrected chi connectivity index (χ3v) is 3.93. The van der Waals surface area contributed by atoms with E-state index in [9.17, 15) is 9.90 Å². The van der Waals surface area contributed by atoms with E-state index in [2.05, 4.69) is 15.9 Å². The number of ether oxygens (including phenoxy) is 2. The van der Waals surface area contributed by atoms with E-state index in [1.165, 1.54) is 0 Å². The van der Waals surface area contributed by atoms with Crippen LogP contribution >= 0.6 is 15.9 Å². The molecule has 1 saturated heterocycles. The van der Waals surface area contributed by atoms with Gasteiger partial charge in [0.05, 0.1) is 5.60 Å². The first-order chi connectivity index (χ1) is 9.11. The summed E-state index contributed by atoms with van der Waals surface area (Å²) in [6, 6.07) is 5.00. The predicted octanol–water partition coefficient (Wildman–Crippen LogP) is 3.87. The van der Waals surface area contributed by atoms with Crippen LogP contribution in [0.5, 0.6) is 5.75 Å². The summed E-state index contributed by atoms with van der Waals surface area (Å²) in [5.41, 5.74) is -0.570. The summed E-state index contributed by atoms with van der Waals surface area (Å²) in [4.78, 5) is 11.3. The molecule has 5 heteroatoms. The molecule has 1 N–H and O–H groups in total. The van der Waals surface area contributed by atoms with Crippen molar-refractivity contribution >= 4 is 21.9 Å². The van der Waals surface area contributed by atoms with Gasteiger partial charge in [-0.05, 0) is 45.9 Å². The largest absolute Gasteiger partial charge is 0.486 e. The average molecular weight is 343 g/mol. The molecule has 1 aliphatic heterocycles. The second-order valence-corrected chi connectivity index (χ2v) is 7.14. The van der Waals surface area contributed by atoms with Gasteiger partial charge in [-0.25, -0.2) is 4.79 Å². The summed E-state index contributed by atoms with van der Waals surface area (Å²) in [5, 5.41) is 9.26. The minimum Gasteiger partial charge on any atom is -0.486 e. The number of halogens is 1. The lowest BCUT2D eigenvalue weighted by Crippen LogP contribution is -2.37. The van der Waals surface area contributed by atoms with Gasteiger partial charge in [-0.2, -0.15) is 0 Å². The van der Waals surface area contributed by atoms with Crippen molar-refractivity contribution in [1.29, 1.82) is 0 Å². The standard InChI is InChI=1S/C15H19BrO4/c1-14(2)8-12(15(3,4)20-14)19-11-6-5-9(16)7-10(11)13(17)18/h5-7,12H,8H2,1-4H3,(H,17,18). The van der Waals surface area contributed by atoms with Gasteiger partial charge in [0.2, 0.25) is 0 Å². The molecule has 0 saturated carbocycles. The predicted molar refractivity (Wildman–Crippen MR) is 79.4 cm³/mol. The molecule has 1 fully saturated rings. The Labute approximate surface area is 127 Å². The van der Waals surface area contributed by atoms with Crippen molar-refractivity contribution in [2.24, 2.45) is 0 Å². The first-order valence-electron chi connectivity index (χ1n) is 6.50. The molecule has 1 unspecified atom stereocenters. The first-order valence-corrected chi connectivity index (χ1v) is 7.30.